The van der Waals surface area contributed by atoms with Crippen LogP contribution in [0.1, 0.15) is 100 Å². The Labute approximate surface area is 320 Å². The molecule has 2 unspecified atom stereocenters. The van der Waals surface area contributed by atoms with Gasteiger partial charge in [0.1, 0.15) is 11.9 Å². The van der Waals surface area contributed by atoms with Gasteiger partial charge in [0.25, 0.3) is 5.91 Å². The highest BCUT2D eigenvalue weighted by Crippen LogP contribution is 2.43. The molecule has 4 aromatic carbocycles. The SMILES string of the molecule is COc1cc(C2CC(c3cc(CO)c(CO)c(CO)c3)=NO2)cc(OC)c1OCCCCCCCOc1ccc(C2NC(=O)c3ccccc3N2)cc1CO. The summed E-state index contributed by atoms with van der Waals surface area (Å²) < 4.78 is 23.6. The maximum atomic E-state index is 12.6. The lowest BCUT2D eigenvalue weighted by Gasteiger charge is -2.28. The molecule has 4 aromatic rings. The van der Waals surface area contributed by atoms with Crippen LogP contribution in [-0.2, 0) is 31.3 Å². The van der Waals surface area contributed by atoms with Crippen molar-refractivity contribution >= 4 is 17.3 Å². The zero-order chi connectivity index (χ0) is 38.7. The normalized spacial score (nSPS) is 16.0. The molecule has 0 saturated carbocycles. The number of nitrogens with one attached hydrogen (secondary N) is 2. The molecular formula is C42H49N3O10. The van der Waals surface area contributed by atoms with Gasteiger partial charge in [-0.2, -0.15) is 0 Å². The Balaban J connectivity index is 0.941. The summed E-state index contributed by atoms with van der Waals surface area (Å²) in [6, 6.07) is 20.2. The highest BCUT2D eigenvalue weighted by atomic mass is 16.6. The minimum atomic E-state index is -0.417. The van der Waals surface area contributed by atoms with E-state index in [9.17, 15) is 25.2 Å². The summed E-state index contributed by atoms with van der Waals surface area (Å²) in [5.41, 5.74) is 6.59. The molecule has 0 fully saturated rings. The highest BCUT2D eigenvalue weighted by Gasteiger charge is 2.28. The maximum absolute atomic E-state index is 12.6. The lowest BCUT2D eigenvalue weighted by Crippen LogP contribution is -2.38. The van der Waals surface area contributed by atoms with Crippen LogP contribution in [0.25, 0.3) is 0 Å². The quantitative estimate of drug-likeness (QED) is 0.0637. The van der Waals surface area contributed by atoms with Crippen LogP contribution < -0.4 is 29.6 Å². The maximum Gasteiger partial charge on any atom is 0.255 e. The first-order valence-corrected chi connectivity index (χ1v) is 18.5. The molecule has 0 aliphatic carbocycles. The van der Waals surface area contributed by atoms with Gasteiger partial charge < -0.3 is 54.8 Å². The van der Waals surface area contributed by atoms with E-state index in [4.69, 9.17) is 23.8 Å². The topological polar surface area (TPSA) is 181 Å². The van der Waals surface area contributed by atoms with E-state index in [1.54, 1.807) is 32.4 Å². The van der Waals surface area contributed by atoms with Crippen molar-refractivity contribution in [3.8, 4) is 23.0 Å². The van der Waals surface area contributed by atoms with Gasteiger partial charge in [-0.3, -0.25) is 4.79 Å². The van der Waals surface area contributed by atoms with E-state index in [1.165, 1.54) is 0 Å². The van der Waals surface area contributed by atoms with Crippen molar-refractivity contribution in [2.45, 2.75) is 77.2 Å². The summed E-state index contributed by atoms with van der Waals surface area (Å²) in [5.74, 6) is 2.03. The average molecular weight is 756 g/mol. The van der Waals surface area contributed by atoms with E-state index in [-0.39, 0.29) is 32.3 Å². The smallest absolute Gasteiger partial charge is 0.255 e. The number of anilines is 1. The molecule has 0 saturated heterocycles. The number of rotatable bonds is 19. The van der Waals surface area contributed by atoms with Gasteiger partial charge in [0.15, 0.2) is 17.6 Å². The second kappa shape index (κ2) is 18.8. The molecule has 2 atom stereocenters. The van der Waals surface area contributed by atoms with Crippen molar-refractivity contribution in [2.24, 2.45) is 5.16 Å². The van der Waals surface area contributed by atoms with Crippen LogP contribution in [0, 0.1) is 0 Å². The third-order valence-corrected chi connectivity index (χ3v) is 9.92. The predicted molar refractivity (Wildman–Crippen MR) is 205 cm³/mol. The second-order valence-electron chi connectivity index (χ2n) is 13.4. The molecule has 13 nitrogen and oxygen atoms in total. The van der Waals surface area contributed by atoms with E-state index in [1.807, 2.05) is 48.5 Å². The zero-order valence-corrected chi connectivity index (χ0v) is 31.2. The van der Waals surface area contributed by atoms with Crippen LogP contribution in [-0.4, -0.2) is 59.5 Å². The first-order valence-electron chi connectivity index (χ1n) is 18.5. The predicted octanol–water partition coefficient (Wildman–Crippen LogP) is 5.80. The van der Waals surface area contributed by atoms with Crippen LogP contribution in [0.15, 0.2) is 71.9 Å². The van der Waals surface area contributed by atoms with Gasteiger partial charge in [-0.15, -0.1) is 0 Å². The van der Waals surface area contributed by atoms with Crippen LogP contribution in [0.5, 0.6) is 23.0 Å². The zero-order valence-electron chi connectivity index (χ0n) is 31.2. The molecular weight excluding hydrogens is 706 g/mol. The number of methoxy groups -OCH3 is 2. The number of hydrogen-bond donors (Lipinski definition) is 6. The van der Waals surface area contributed by atoms with Crippen LogP contribution in [0.4, 0.5) is 5.69 Å². The van der Waals surface area contributed by atoms with Crippen molar-refractivity contribution in [2.75, 3.05) is 32.8 Å². The second-order valence-corrected chi connectivity index (χ2v) is 13.4. The number of unbranched alkanes of at least 4 members (excludes halogenated alkanes) is 4. The van der Waals surface area contributed by atoms with Gasteiger partial charge >= 0.3 is 0 Å². The Morgan fingerprint density at radius 1 is 0.709 bits per heavy atom. The Hall–Kier alpha value is -5.34. The number of oxime groups is 1. The molecule has 0 spiro atoms. The first kappa shape index (κ1) is 39.4. The number of carbonyl (C=O) groups is 1. The number of carbonyl (C=O) groups excluding carboxylic acids is 1. The number of ether oxygens (including phenoxy) is 4. The number of para-hydroxylation sites is 1. The minimum absolute atomic E-state index is 0.145. The van der Waals surface area contributed by atoms with Crippen LogP contribution in [0.2, 0.25) is 0 Å². The van der Waals surface area contributed by atoms with Crippen molar-refractivity contribution in [1.82, 2.24) is 5.32 Å². The minimum Gasteiger partial charge on any atom is -0.493 e. The molecule has 2 aliphatic rings. The van der Waals surface area contributed by atoms with Crippen molar-refractivity contribution in [3.05, 3.63) is 111 Å². The number of aliphatic hydroxyl groups is 4. The van der Waals surface area contributed by atoms with E-state index in [0.717, 1.165) is 48.9 Å². The van der Waals surface area contributed by atoms with E-state index in [0.29, 0.717) is 81.7 Å². The average Bonchev–Trinajstić information content (AvgIpc) is 3.73. The molecule has 292 valence electrons. The summed E-state index contributed by atoms with van der Waals surface area (Å²) in [7, 11) is 3.15. The van der Waals surface area contributed by atoms with Crippen molar-refractivity contribution in [1.29, 1.82) is 0 Å². The molecule has 2 aliphatic heterocycles. The number of amides is 1. The number of fused-ring (bicyclic) bond motifs is 1. The van der Waals surface area contributed by atoms with Gasteiger partial charge in [0.05, 0.1) is 65.1 Å². The van der Waals surface area contributed by atoms with Gasteiger partial charge in [-0.05, 0) is 83.6 Å². The summed E-state index contributed by atoms with van der Waals surface area (Å²) in [6.45, 7) is -0.00908. The van der Waals surface area contributed by atoms with Gasteiger partial charge in [-0.25, -0.2) is 0 Å². The Kier molecular flexibility index (Phi) is 13.5. The molecule has 0 radical (unpaired) electrons. The van der Waals surface area contributed by atoms with Gasteiger partial charge in [0, 0.05) is 28.8 Å². The largest absolute Gasteiger partial charge is 0.493 e. The monoisotopic (exact) mass is 755 g/mol. The van der Waals surface area contributed by atoms with Gasteiger partial charge in [-0.1, -0.05) is 42.6 Å². The molecule has 0 aromatic heterocycles. The van der Waals surface area contributed by atoms with Crippen LogP contribution in [0.3, 0.4) is 0 Å². The highest BCUT2D eigenvalue weighted by molar-refractivity contribution is 6.02. The molecule has 6 rings (SSSR count). The summed E-state index contributed by atoms with van der Waals surface area (Å²) in [4.78, 5) is 18.4. The Morgan fingerprint density at radius 2 is 1.36 bits per heavy atom. The lowest BCUT2D eigenvalue weighted by atomic mass is 9.93. The number of benzene rings is 4. The van der Waals surface area contributed by atoms with E-state index >= 15 is 0 Å². The molecule has 55 heavy (non-hydrogen) atoms. The lowest BCUT2D eigenvalue weighted by molar-refractivity contribution is 0.0852. The molecule has 2 heterocycles. The van der Waals surface area contributed by atoms with Crippen molar-refractivity contribution < 1.29 is 49.0 Å². The fraction of sp³-hybridized carbons (Fsp3) is 0.381. The molecule has 0 bridgehead atoms. The third-order valence-electron chi connectivity index (χ3n) is 9.92. The molecule has 6 N–H and O–H groups in total. The Bertz CT molecular complexity index is 1930. The summed E-state index contributed by atoms with van der Waals surface area (Å²) in [5, 5.41) is 50.0. The van der Waals surface area contributed by atoms with Gasteiger partial charge in [0.2, 0.25) is 5.75 Å². The molecule has 13 heteroatoms. The summed E-state index contributed by atoms with van der Waals surface area (Å²) in [6.07, 6.45) is 4.27. The third kappa shape index (κ3) is 9.14. The summed E-state index contributed by atoms with van der Waals surface area (Å²) >= 11 is 0. The van der Waals surface area contributed by atoms with Crippen molar-refractivity contribution in [3.63, 3.8) is 0 Å². The van der Waals surface area contributed by atoms with E-state index < -0.39 is 12.3 Å². The van der Waals surface area contributed by atoms with Crippen LogP contribution >= 0.6 is 0 Å². The molecule has 1 amide bonds. The number of nitrogens with zero attached hydrogens (tertiary/aromatic N) is 1. The number of hydrogen-bond acceptors (Lipinski definition) is 12. The fourth-order valence-corrected chi connectivity index (χ4v) is 6.91. The number of aliphatic hydroxyl groups excluding tert-OH is 4. The Morgan fingerprint density at radius 3 is 2.02 bits per heavy atom. The first-order chi connectivity index (χ1) is 26.9. The fourth-order valence-electron chi connectivity index (χ4n) is 6.91. The standard InChI is InChI=1S/C42H49N3O10/c1-51-38-19-28(37-21-35(45-55-37)27-17-29(22-46)33(25-49)30(18-27)23-47)20-39(52-2)40(38)54-15-9-5-3-4-8-14-53-36-13-12-26(16-31(36)24-48)41-43-34-11-7-6-10-32(34)42(50)44-41/h6-7,10-13,16-20,37,41,43,46-49H,3-5,8-9,14-15,21-25H2,1-2H3,(H,44,50). The van der Waals surface area contributed by atoms with E-state index in [2.05, 4.69) is 15.8 Å².